The Morgan fingerprint density at radius 1 is 1.42 bits per heavy atom. The highest BCUT2D eigenvalue weighted by Crippen LogP contribution is 2.05. The van der Waals surface area contributed by atoms with Crippen LogP contribution in [0.25, 0.3) is 0 Å². The number of carbonyl (C=O) groups excluding carboxylic acids is 1. The quantitative estimate of drug-likeness (QED) is 0.696. The Hall–Kier alpha value is -0.570. The summed E-state index contributed by atoms with van der Waals surface area (Å²) in [6.45, 7) is 8.70. The highest BCUT2D eigenvalue weighted by Gasteiger charge is 2.11. The Kier molecular flexibility index (Phi) is 4.90. The molecule has 0 saturated carbocycles. The van der Waals surface area contributed by atoms with Gasteiger partial charge in [-0.15, -0.1) is 0 Å². The first-order chi connectivity index (χ1) is 5.45. The van der Waals surface area contributed by atoms with Crippen LogP contribution in [0, 0.1) is 0 Å². The summed E-state index contributed by atoms with van der Waals surface area (Å²) < 4.78 is 5.28. The van der Waals surface area contributed by atoms with Crippen molar-refractivity contribution in [1.82, 2.24) is 5.32 Å². The number of hydrogen-bond donors (Lipinski definition) is 1. The predicted octanol–water partition coefficient (Wildman–Crippen LogP) is 1.33. The van der Waals surface area contributed by atoms with Crippen LogP contribution in [0.5, 0.6) is 0 Å². The molecule has 0 rings (SSSR count). The number of amides is 1. The minimum absolute atomic E-state index is 0.0354. The SMILES string of the molecule is CCCNC(=O)COC(C)(C)C. The van der Waals surface area contributed by atoms with Gasteiger partial charge in [0, 0.05) is 6.54 Å². The normalized spacial score (nSPS) is 11.3. The van der Waals surface area contributed by atoms with E-state index in [9.17, 15) is 4.79 Å². The lowest BCUT2D eigenvalue weighted by Gasteiger charge is -2.18. The molecule has 3 nitrogen and oxygen atoms in total. The van der Waals surface area contributed by atoms with Crippen molar-refractivity contribution in [3.05, 3.63) is 0 Å². The molecule has 0 radical (unpaired) electrons. The molecule has 0 aromatic heterocycles. The molecule has 1 N–H and O–H groups in total. The van der Waals surface area contributed by atoms with Crippen LogP contribution in [0.2, 0.25) is 0 Å². The summed E-state index contributed by atoms with van der Waals surface area (Å²) in [4.78, 5) is 11.0. The van der Waals surface area contributed by atoms with Crippen molar-refractivity contribution >= 4 is 5.91 Å². The average molecular weight is 173 g/mol. The summed E-state index contributed by atoms with van der Waals surface area (Å²) >= 11 is 0. The molecule has 1 amide bonds. The topological polar surface area (TPSA) is 38.3 Å². The fourth-order valence-corrected chi connectivity index (χ4v) is 0.598. The van der Waals surface area contributed by atoms with Crippen molar-refractivity contribution in [2.24, 2.45) is 0 Å². The molecule has 3 heteroatoms. The van der Waals surface area contributed by atoms with Gasteiger partial charge >= 0.3 is 0 Å². The second-order valence-corrected chi connectivity index (χ2v) is 3.75. The summed E-state index contributed by atoms with van der Waals surface area (Å²) in [5.74, 6) is -0.0354. The molecule has 0 bridgehead atoms. The third-order valence-corrected chi connectivity index (χ3v) is 1.21. The van der Waals surface area contributed by atoms with Crippen LogP contribution in [-0.2, 0) is 9.53 Å². The van der Waals surface area contributed by atoms with Crippen molar-refractivity contribution < 1.29 is 9.53 Å². The van der Waals surface area contributed by atoms with Crippen LogP contribution in [-0.4, -0.2) is 24.7 Å². The maximum atomic E-state index is 11.0. The first kappa shape index (κ1) is 11.4. The van der Waals surface area contributed by atoms with Gasteiger partial charge in [0.15, 0.2) is 0 Å². The summed E-state index contributed by atoms with van der Waals surface area (Å²) in [5, 5.41) is 2.74. The molecular formula is C9H19NO2. The summed E-state index contributed by atoms with van der Waals surface area (Å²) in [6, 6.07) is 0. The maximum absolute atomic E-state index is 11.0. The number of carbonyl (C=O) groups is 1. The molecule has 0 aromatic carbocycles. The Labute approximate surface area is 74.5 Å². The molecule has 72 valence electrons. The summed E-state index contributed by atoms with van der Waals surface area (Å²) in [6.07, 6.45) is 0.960. The van der Waals surface area contributed by atoms with Gasteiger partial charge in [-0.25, -0.2) is 0 Å². The number of nitrogens with one attached hydrogen (secondary N) is 1. The van der Waals surface area contributed by atoms with Crippen molar-refractivity contribution in [2.75, 3.05) is 13.2 Å². The van der Waals surface area contributed by atoms with E-state index >= 15 is 0 Å². The van der Waals surface area contributed by atoms with Gasteiger partial charge in [0.2, 0.25) is 5.91 Å². The van der Waals surface area contributed by atoms with E-state index in [1.807, 2.05) is 27.7 Å². The van der Waals surface area contributed by atoms with Gasteiger partial charge in [-0.2, -0.15) is 0 Å². The smallest absolute Gasteiger partial charge is 0.246 e. The summed E-state index contributed by atoms with van der Waals surface area (Å²) in [7, 11) is 0. The molecule has 0 fully saturated rings. The molecule has 0 saturated heterocycles. The highest BCUT2D eigenvalue weighted by molar-refractivity contribution is 5.77. The average Bonchev–Trinajstić information content (AvgIpc) is 1.95. The van der Waals surface area contributed by atoms with Crippen LogP contribution < -0.4 is 5.32 Å². The minimum atomic E-state index is -0.233. The zero-order valence-electron chi connectivity index (χ0n) is 8.44. The first-order valence-corrected chi connectivity index (χ1v) is 4.36. The fraction of sp³-hybridized carbons (Fsp3) is 0.889. The molecular weight excluding hydrogens is 154 g/mol. The first-order valence-electron chi connectivity index (χ1n) is 4.36. The van der Waals surface area contributed by atoms with Crippen LogP contribution in [0.3, 0.4) is 0 Å². The van der Waals surface area contributed by atoms with E-state index in [1.54, 1.807) is 0 Å². The molecule has 0 atom stereocenters. The van der Waals surface area contributed by atoms with Crippen LogP contribution in [0.4, 0.5) is 0 Å². The van der Waals surface area contributed by atoms with Crippen LogP contribution in [0.1, 0.15) is 34.1 Å². The Morgan fingerprint density at radius 2 is 2.00 bits per heavy atom. The van der Waals surface area contributed by atoms with Crippen LogP contribution in [0.15, 0.2) is 0 Å². The lowest BCUT2D eigenvalue weighted by Crippen LogP contribution is -2.32. The van der Waals surface area contributed by atoms with Crippen LogP contribution >= 0.6 is 0 Å². The largest absolute Gasteiger partial charge is 0.366 e. The van der Waals surface area contributed by atoms with Gasteiger partial charge in [-0.05, 0) is 27.2 Å². The van der Waals surface area contributed by atoms with E-state index < -0.39 is 0 Å². The van der Waals surface area contributed by atoms with Gasteiger partial charge in [-0.3, -0.25) is 4.79 Å². The fourth-order valence-electron chi connectivity index (χ4n) is 0.598. The van der Waals surface area contributed by atoms with Crippen molar-refractivity contribution in [3.8, 4) is 0 Å². The van der Waals surface area contributed by atoms with Gasteiger partial charge in [0.25, 0.3) is 0 Å². The molecule has 0 aliphatic rings. The van der Waals surface area contributed by atoms with E-state index in [2.05, 4.69) is 5.32 Å². The number of hydrogen-bond acceptors (Lipinski definition) is 2. The Balaban J connectivity index is 3.44. The highest BCUT2D eigenvalue weighted by atomic mass is 16.5. The Morgan fingerprint density at radius 3 is 2.42 bits per heavy atom. The standard InChI is InChI=1S/C9H19NO2/c1-5-6-10-8(11)7-12-9(2,3)4/h5-7H2,1-4H3,(H,10,11). The monoisotopic (exact) mass is 173 g/mol. The molecule has 0 aliphatic heterocycles. The van der Waals surface area contributed by atoms with Gasteiger partial charge in [0.1, 0.15) is 6.61 Å². The summed E-state index contributed by atoms with van der Waals surface area (Å²) in [5.41, 5.74) is -0.233. The van der Waals surface area contributed by atoms with E-state index in [1.165, 1.54) is 0 Å². The lowest BCUT2D eigenvalue weighted by atomic mass is 10.2. The molecule has 0 heterocycles. The molecule has 12 heavy (non-hydrogen) atoms. The molecule has 0 unspecified atom stereocenters. The third kappa shape index (κ3) is 7.54. The van der Waals surface area contributed by atoms with E-state index in [0.717, 1.165) is 13.0 Å². The van der Waals surface area contributed by atoms with Crippen molar-refractivity contribution in [2.45, 2.75) is 39.7 Å². The molecule has 0 aromatic rings. The molecule has 0 aliphatic carbocycles. The second kappa shape index (κ2) is 5.14. The zero-order chi connectivity index (χ0) is 9.61. The van der Waals surface area contributed by atoms with E-state index in [-0.39, 0.29) is 18.1 Å². The number of ether oxygens (including phenoxy) is 1. The van der Waals surface area contributed by atoms with E-state index in [4.69, 9.17) is 4.74 Å². The minimum Gasteiger partial charge on any atom is -0.366 e. The Bertz CT molecular complexity index is 138. The van der Waals surface area contributed by atoms with Gasteiger partial charge in [-0.1, -0.05) is 6.92 Å². The second-order valence-electron chi connectivity index (χ2n) is 3.75. The van der Waals surface area contributed by atoms with E-state index in [0.29, 0.717) is 0 Å². The molecule has 0 spiro atoms. The van der Waals surface area contributed by atoms with Crippen molar-refractivity contribution in [1.29, 1.82) is 0 Å². The number of rotatable bonds is 4. The van der Waals surface area contributed by atoms with Gasteiger partial charge in [0.05, 0.1) is 5.60 Å². The van der Waals surface area contributed by atoms with Gasteiger partial charge < -0.3 is 10.1 Å². The maximum Gasteiger partial charge on any atom is 0.246 e. The van der Waals surface area contributed by atoms with Crippen molar-refractivity contribution in [3.63, 3.8) is 0 Å². The lowest BCUT2D eigenvalue weighted by molar-refractivity contribution is -0.130. The third-order valence-electron chi connectivity index (χ3n) is 1.21. The predicted molar refractivity (Wildman–Crippen MR) is 49.0 cm³/mol. The zero-order valence-corrected chi connectivity index (χ0v) is 8.44.